The Kier molecular flexibility index (Phi) is 5.15. The Morgan fingerprint density at radius 2 is 1.86 bits per heavy atom. The van der Waals surface area contributed by atoms with Gasteiger partial charge >= 0.3 is 0 Å². The first kappa shape index (κ1) is 15.7. The number of methoxy groups -OCH3 is 2. The van der Waals surface area contributed by atoms with Crippen LogP contribution in [0.25, 0.3) is 0 Å². The highest BCUT2D eigenvalue weighted by Gasteiger charge is 2.13. The molecule has 0 aliphatic rings. The molecule has 0 aliphatic heterocycles. The molecule has 0 fully saturated rings. The molecule has 0 aromatic heterocycles. The maximum atomic E-state index is 13.3. The fourth-order valence-corrected chi connectivity index (χ4v) is 2.44. The SMILES string of the molecule is COc1ccc(CNc2cc(F)cc(Cl)c2)c(Cl)c1OC. The first-order valence-corrected chi connectivity index (χ1v) is 6.90. The van der Waals surface area contributed by atoms with Crippen molar-refractivity contribution in [3.63, 3.8) is 0 Å². The van der Waals surface area contributed by atoms with E-state index in [4.69, 9.17) is 32.7 Å². The predicted octanol–water partition coefficient (Wildman–Crippen LogP) is 4.76. The normalized spacial score (nSPS) is 10.3. The van der Waals surface area contributed by atoms with Crippen molar-refractivity contribution >= 4 is 28.9 Å². The molecular weight excluding hydrogens is 316 g/mol. The predicted molar refractivity (Wildman–Crippen MR) is 83.3 cm³/mol. The van der Waals surface area contributed by atoms with E-state index < -0.39 is 5.82 Å². The van der Waals surface area contributed by atoms with Crippen molar-refractivity contribution in [1.29, 1.82) is 0 Å². The minimum Gasteiger partial charge on any atom is -0.493 e. The Morgan fingerprint density at radius 3 is 2.48 bits per heavy atom. The number of hydrogen-bond donors (Lipinski definition) is 1. The molecule has 0 atom stereocenters. The molecule has 0 aliphatic carbocycles. The van der Waals surface area contributed by atoms with Crippen molar-refractivity contribution in [2.45, 2.75) is 6.54 Å². The minimum atomic E-state index is -0.400. The summed E-state index contributed by atoms with van der Waals surface area (Å²) in [7, 11) is 3.06. The zero-order valence-electron chi connectivity index (χ0n) is 11.5. The second-order valence-electron chi connectivity index (χ2n) is 4.29. The molecule has 2 aromatic carbocycles. The van der Waals surface area contributed by atoms with E-state index in [9.17, 15) is 4.39 Å². The second kappa shape index (κ2) is 6.87. The fraction of sp³-hybridized carbons (Fsp3) is 0.200. The maximum absolute atomic E-state index is 13.3. The van der Waals surface area contributed by atoms with Crippen LogP contribution in [-0.4, -0.2) is 14.2 Å². The van der Waals surface area contributed by atoms with Crippen LogP contribution in [0.15, 0.2) is 30.3 Å². The van der Waals surface area contributed by atoms with Gasteiger partial charge in [-0.05, 0) is 29.8 Å². The molecule has 0 bridgehead atoms. The van der Waals surface area contributed by atoms with Gasteiger partial charge in [0.25, 0.3) is 0 Å². The van der Waals surface area contributed by atoms with Crippen LogP contribution in [0.1, 0.15) is 5.56 Å². The summed E-state index contributed by atoms with van der Waals surface area (Å²) in [6.45, 7) is 0.402. The van der Waals surface area contributed by atoms with Gasteiger partial charge in [-0.2, -0.15) is 0 Å². The number of hydrogen-bond acceptors (Lipinski definition) is 3. The van der Waals surface area contributed by atoms with Gasteiger partial charge in [-0.1, -0.05) is 29.3 Å². The number of benzene rings is 2. The highest BCUT2D eigenvalue weighted by Crippen LogP contribution is 2.37. The summed E-state index contributed by atoms with van der Waals surface area (Å²) in [5.41, 5.74) is 1.38. The van der Waals surface area contributed by atoms with E-state index >= 15 is 0 Å². The molecule has 0 spiro atoms. The fourth-order valence-electron chi connectivity index (χ4n) is 1.92. The average molecular weight is 330 g/mol. The number of halogens is 3. The largest absolute Gasteiger partial charge is 0.493 e. The van der Waals surface area contributed by atoms with Crippen LogP contribution in [-0.2, 0) is 6.54 Å². The highest BCUT2D eigenvalue weighted by molar-refractivity contribution is 6.33. The van der Waals surface area contributed by atoms with Gasteiger partial charge in [0.1, 0.15) is 5.82 Å². The van der Waals surface area contributed by atoms with Gasteiger partial charge in [-0.15, -0.1) is 0 Å². The van der Waals surface area contributed by atoms with E-state index in [0.29, 0.717) is 33.8 Å². The maximum Gasteiger partial charge on any atom is 0.179 e. The molecule has 0 saturated heterocycles. The molecule has 0 unspecified atom stereocenters. The molecular formula is C15H14Cl2FNO2. The lowest BCUT2D eigenvalue weighted by Crippen LogP contribution is -2.02. The zero-order valence-corrected chi connectivity index (χ0v) is 13.1. The zero-order chi connectivity index (χ0) is 15.4. The van der Waals surface area contributed by atoms with Gasteiger partial charge in [0.05, 0.1) is 19.2 Å². The van der Waals surface area contributed by atoms with Gasteiger partial charge < -0.3 is 14.8 Å². The van der Waals surface area contributed by atoms with Gasteiger partial charge in [0, 0.05) is 17.3 Å². The van der Waals surface area contributed by atoms with Gasteiger partial charge in [0.2, 0.25) is 0 Å². The smallest absolute Gasteiger partial charge is 0.179 e. The summed E-state index contributed by atoms with van der Waals surface area (Å²) < 4.78 is 23.7. The molecule has 0 saturated carbocycles. The van der Waals surface area contributed by atoms with Crippen LogP contribution in [0.2, 0.25) is 10.0 Å². The van der Waals surface area contributed by atoms with Crippen LogP contribution in [0.3, 0.4) is 0 Å². The van der Waals surface area contributed by atoms with Crippen LogP contribution in [0.5, 0.6) is 11.5 Å². The Balaban J connectivity index is 2.20. The summed E-state index contributed by atoms with van der Waals surface area (Å²) in [4.78, 5) is 0. The van der Waals surface area contributed by atoms with Crippen LogP contribution in [0.4, 0.5) is 10.1 Å². The third-order valence-corrected chi connectivity index (χ3v) is 3.54. The molecule has 3 nitrogen and oxygen atoms in total. The molecule has 6 heteroatoms. The summed E-state index contributed by atoms with van der Waals surface area (Å²) in [5.74, 6) is 0.624. The summed E-state index contributed by atoms with van der Waals surface area (Å²) in [6.07, 6.45) is 0. The first-order chi connectivity index (χ1) is 10.0. The lowest BCUT2D eigenvalue weighted by Gasteiger charge is -2.14. The molecule has 21 heavy (non-hydrogen) atoms. The van der Waals surface area contributed by atoms with Crippen molar-refractivity contribution in [3.05, 3.63) is 51.8 Å². The molecule has 0 amide bonds. The third kappa shape index (κ3) is 3.71. The standard InChI is InChI=1S/C15H14Cl2FNO2/c1-20-13-4-3-9(14(17)15(13)21-2)8-19-12-6-10(16)5-11(18)7-12/h3-7,19H,8H2,1-2H3. The number of anilines is 1. The van der Waals surface area contributed by atoms with Gasteiger partial charge in [0.15, 0.2) is 11.5 Å². The van der Waals surface area contributed by atoms with Crippen molar-refractivity contribution in [3.8, 4) is 11.5 Å². The lowest BCUT2D eigenvalue weighted by atomic mass is 10.2. The number of ether oxygens (including phenoxy) is 2. The minimum absolute atomic E-state index is 0.330. The Hall–Kier alpha value is -1.65. The van der Waals surface area contributed by atoms with Gasteiger partial charge in [-0.3, -0.25) is 0 Å². The lowest BCUT2D eigenvalue weighted by molar-refractivity contribution is 0.355. The van der Waals surface area contributed by atoms with Crippen molar-refractivity contribution in [2.24, 2.45) is 0 Å². The van der Waals surface area contributed by atoms with Crippen molar-refractivity contribution < 1.29 is 13.9 Å². The highest BCUT2D eigenvalue weighted by atomic mass is 35.5. The quantitative estimate of drug-likeness (QED) is 0.857. The van der Waals surface area contributed by atoms with E-state index in [1.165, 1.54) is 19.2 Å². The van der Waals surface area contributed by atoms with E-state index in [2.05, 4.69) is 5.32 Å². The van der Waals surface area contributed by atoms with E-state index in [-0.39, 0.29) is 0 Å². The van der Waals surface area contributed by atoms with Crippen molar-refractivity contribution in [2.75, 3.05) is 19.5 Å². The van der Waals surface area contributed by atoms with Crippen molar-refractivity contribution in [1.82, 2.24) is 0 Å². The summed E-state index contributed by atoms with van der Waals surface area (Å²) >= 11 is 12.1. The van der Waals surface area contributed by atoms with E-state index in [0.717, 1.165) is 5.56 Å². The van der Waals surface area contributed by atoms with E-state index in [1.807, 2.05) is 6.07 Å². The Labute approximate surface area is 132 Å². The monoisotopic (exact) mass is 329 g/mol. The summed E-state index contributed by atoms with van der Waals surface area (Å²) in [5, 5.41) is 3.85. The van der Waals surface area contributed by atoms with E-state index in [1.54, 1.807) is 19.2 Å². The molecule has 1 N–H and O–H groups in total. The summed E-state index contributed by atoms with van der Waals surface area (Å²) in [6, 6.07) is 7.83. The average Bonchev–Trinajstić information content (AvgIpc) is 2.44. The van der Waals surface area contributed by atoms with Crippen LogP contribution >= 0.6 is 23.2 Å². The Bertz CT molecular complexity index is 630. The molecule has 0 heterocycles. The first-order valence-electron chi connectivity index (χ1n) is 6.14. The van der Waals surface area contributed by atoms with Crippen LogP contribution < -0.4 is 14.8 Å². The van der Waals surface area contributed by atoms with Crippen LogP contribution in [0, 0.1) is 5.82 Å². The molecule has 2 aromatic rings. The molecule has 112 valence electrons. The molecule has 0 radical (unpaired) electrons. The Morgan fingerprint density at radius 1 is 1.10 bits per heavy atom. The molecule has 2 rings (SSSR count). The van der Waals surface area contributed by atoms with Gasteiger partial charge in [-0.25, -0.2) is 4.39 Å². The number of rotatable bonds is 5. The topological polar surface area (TPSA) is 30.5 Å². The third-order valence-electron chi connectivity index (χ3n) is 2.91. The number of nitrogens with one attached hydrogen (secondary N) is 1. The second-order valence-corrected chi connectivity index (χ2v) is 5.10.